The molecule has 1 amide bonds. The highest BCUT2D eigenvalue weighted by atomic mass is 16.4. The van der Waals surface area contributed by atoms with Gasteiger partial charge in [-0.15, -0.1) is 0 Å². The Labute approximate surface area is 77.1 Å². The first-order chi connectivity index (χ1) is 6.18. The molecule has 1 aliphatic heterocycles. The number of aliphatic hydroxyl groups excluding tert-OH is 1. The van der Waals surface area contributed by atoms with E-state index in [9.17, 15) is 9.90 Å². The van der Waals surface area contributed by atoms with Crippen molar-refractivity contribution >= 4 is 6.09 Å². The van der Waals surface area contributed by atoms with Gasteiger partial charge in [0, 0.05) is 12.0 Å². The van der Waals surface area contributed by atoms with E-state index in [-0.39, 0.29) is 12.0 Å². The van der Waals surface area contributed by atoms with Gasteiger partial charge in [0.1, 0.15) is 0 Å². The Bertz CT molecular complexity index is 178. The minimum Gasteiger partial charge on any atom is -0.465 e. The Hall–Kier alpha value is -0.810. The Morgan fingerprint density at radius 2 is 2.08 bits per heavy atom. The van der Waals surface area contributed by atoms with Crippen LogP contribution in [0.25, 0.3) is 0 Å². The van der Waals surface area contributed by atoms with Gasteiger partial charge in [-0.25, -0.2) is 4.79 Å². The number of aliphatic hydroxyl groups is 1. The molecule has 0 radical (unpaired) electrons. The molecular weight excluding hydrogens is 172 g/mol. The third kappa shape index (κ3) is 2.86. The molecule has 0 spiro atoms. The van der Waals surface area contributed by atoms with Gasteiger partial charge in [-0.05, 0) is 25.9 Å². The number of nitrogens with one attached hydrogen (secondary N) is 2. The summed E-state index contributed by atoms with van der Waals surface area (Å²) in [5, 5.41) is 23.2. The lowest BCUT2D eigenvalue weighted by atomic mass is 9.80. The van der Waals surface area contributed by atoms with E-state index >= 15 is 0 Å². The summed E-state index contributed by atoms with van der Waals surface area (Å²) in [4.78, 5) is 10.3. The summed E-state index contributed by atoms with van der Waals surface area (Å²) in [6.45, 7) is 2.10. The first kappa shape index (κ1) is 10.3. The number of carboxylic acid groups (broad SMARTS) is 1. The lowest BCUT2D eigenvalue weighted by Gasteiger charge is -2.35. The van der Waals surface area contributed by atoms with Crippen LogP contribution < -0.4 is 10.6 Å². The number of hydrogen-bond donors (Lipinski definition) is 4. The van der Waals surface area contributed by atoms with Crippen LogP contribution in [0, 0.1) is 5.41 Å². The number of piperidine rings is 1. The normalized spacial score (nSPS) is 21.0. The number of hydrogen-bond acceptors (Lipinski definition) is 3. The molecule has 1 fully saturated rings. The first-order valence-corrected chi connectivity index (χ1v) is 4.47. The SMILES string of the molecule is O=C(O)NCC1(CO)CCNCC1. The van der Waals surface area contributed by atoms with Crippen LogP contribution in [0.15, 0.2) is 0 Å². The first-order valence-electron chi connectivity index (χ1n) is 4.47. The molecule has 76 valence electrons. The molecule has 1 rings (SSSR count). The minimum atomic E-state index is -1.02. The van der Waals surface area contributed by atoms with E-state index in [1.54, 1.807) is 0 Å². The van der Waals surface area contributed by atoms with Crippen molar-refractivity contribution < 1.29 is 15.0 Å². The summed E-state index contributed by atoms with van der Waals surface area (Å²) in [6, 6.07) is 0. The van der Waals surface area contributed by atoms with Crippen LogP contribution in [0.3, 0.4) is 0 Å². The molecule has 0 atom stereocenters. The van der Waals surface area contributed by atoms with Crippen molar-refractivity contribution in [3.63, 3.8) is 0 Å². The summed E-state index contributed by atoms with van der Waals surface area (Å²) in [5.41, 5.74) is -0.246. The lowest BCUT2D eigenvalue weighted by molar-refractivity contribution is 0.0870. The zero-order chi connectivity index (χ0) is 9.73. The van der Waals surface area contributed by atoms with Gasteiger partial charge < -0.3 is 20.8 Å². The molecule has 0 unspecified atom stereocenters. The fraction of sp³-hybridized carbons (Fsp3) is 0.875. The van der Waals surface area contributed by atoms with Crippen LogP contribution in [0.5, 0.6) is 0 Å². The van der Waals surface area contributed by atoms with E-state index in [0.717, 1.165) is 25.9 Å². The largest absolute Gasteiger partial charge is 0.465 e. The molecule has 1 aliphatic rings. The highest BCUT2D eigenvalue weighted by Crippen LogP contribution is 2.26. The van der Waals surface area contributed by atoms with Gasteiger partial charge in [0.2, 0.25) is 0 Å². The Morgan fingerprint density at radius 1 is 1.46 bits per heavy atom. The highest BCUT2D eigenvalue weighted by Gasteiger charge is 2.31. The maximum atomic E-state index is 10.3. The van der Waals surface area contributed by atoms with Crippen LogP contribution in [0.2, 0.25) is 0 Å². The summed E-state index contributed by atoms with van der Waals surface area (Å²) in [5.74, 6) is 0. The van der Waals surface area contributed by atoms with Crippen molar-refractivity contribution in [2.75, 3.05) is 26.2 Å². The second-order valence-electron chi connectivity index (χ2n) is 3.57. The summed E-state index contributed by atoms with van der Waals surface area (Å²) < 4.78 is 0. The number of carbonyl (C=O) groups is 1. The molecule has 5 nitrogen and oxygen atoms in total. The van der Waals surface area contributed by atoms with Crippen molar-refractivity contribution in [3.05, 3.63) is 0 Å². The maximum absolute atomic E-state index is 10.3. The van der Waals surface area contributed by atoms with Gasteiger partial charge in [-0.2, -0.15) is 0 Å². The van der Waals surface area contributed by atoms with Crippen LogP contribution >= 0.6 is 0 Å². The van der Waals surface area contributed by atoms with E-state index < -0.39 is 6.09 Å². The van der Waals surface area contributed by atoms with Gasteiger partial charge in [0.15, 0.2) is 0 Å². The zero-order valence-electron chi connectivity index (χ0n) is 7.55. The fourth-order valence-electron chi connectivity index (χ4n) is 1.61. The molecule has 13 heavy (non-hydrogen) atoms. The Balaban J connectivity index is 2.42. The van der Waals surface area contributed by atoms with Crippen LogP contribution in [-0.4, -0.2) is 42.5 Å². The molecule has 0 aliphatic carbocycles. The minimum absolute atomic E-state index is 0.0506. The number of rotatable bonds is 3. The average molecular weight is 188 g/mol. The highest BCUT2D eigenvalue weighted by molar-refractivity contribution is 5.64. The van der Waals surface area contributed by atoms with Crippen molar-refractivity contribution in [3.8, 4) is 0 Å². The smallest absolute Gasteiger partial charge is 0.404 e. The zero-order valence-corrected chi connectivity index (χ0v) is 7.55. The second-order valence-corrected chi connectivity index (χ2v) is 3.57. The summed E-state index contributed by atoms with van der Waals surface area (Å²) in [6.07, 6.45) is 0.624. The molecular formula is C8H16N2O3. The molecule has 0 bridgehead atoms. The standard InChI is InChI=1S/C8H16N2O3/c11-6-8(5-10-7(12)13)1-3-9-4-2-8/h9-11H,1-6H2,(H,12,13). The molecule has 0 saturated carbocycles. The van der Waals surface area contributed by atoms with Crippen LogP contribution in [0.4, 0.5) is 4.79 Å². The molecule has 0 aromatic heterocycles. The van der Waals surface area contributed by atoms with Gasteiger partial charge in [0.05, 0.1) is 6.61 Å². The van der Waals surface area contributed by atoms with E-state index in [0.29, 0.717) is 6.54 Å². The molecule has 0 aromatic rings. The van der Waals surface area contributed by atoms with Crippen molar-refractivity contribution in [1.82, 2.24) is 10.6 Å². The van der Waals surface area contributed by atoms with Gasteiger partial charge in [-0.3, -0.25) is 0 Å². The third-order valence-corrected chi connectivity index (χ3v) is 2.61. The molecule has 4 N–H and O–H groups in total. The quantitative estimate of drug-likeness (QED) is 0.486. The molecule has 0 aromatic carbocycles. The Morgan fingerprint density at radius 3 is 2.54 bits per heavy atom. The van der Waals surface area contributed by atoms with Gasteiger partial charge in [-0.1, -0.05) is 0 Å². The van der Waals surface area contributed by atoms with Crippen molar-refractivity contribution in [1.29, 1.82) is 0 Å². The summed E-state index contributed by atoms with van der Waals surface area (Å²) >= 11 is 0. The van der Waals surface area contributed by atoms with E-state index in [4.69, 9.17) is 5.11 Å². The lowest BCUT2D eigenvalue weighted by Crippen LogP contribution is -2.46. The third-order valence-electron chi connectivity index (χ3n) is 2.61. The predicted octanol–water partition coefficient (Wildman–Crippen LogP) is -0.384. The van der Waals surface area contributed by atoms with Gasteiger partial charge in [0.25, 0.3) is 0 Å². The Kier molecular flexibility index (Phi) is 3.50. The van der Waals surface area contributed by atoms with E-state index in [1.165, 1.54) is 0 Å². The molecule has 5 heteroatoms. The average Bonchev–Trinajstić information content (AvgIpc) is 2.16. The van der Waals surface area contributed by atoms with E-state index in [2.05, 4.69) is 10.6 Å². The topological polar surface area (TPSA) is 81.6 Å². The fourth-order valence-corrected chi connectivity index (χ4v) is 1.61. The van der Waals surface area contributed by atoms with Crippen molar-refractivity contribution in [2.45, 2.75) is 12.8 Å². The monoisotopic (exact) mass is 188 g/mol. The van der Waals surface area contributed by atoms with Crippen LogP contribution in [0.1, 0.15) is 12.8 Å². The molecule has 1 heterocycles. The number of amides is 1. The second kappa shape index (κ2) is 4.43. The predicted molar refractivity (Wildman–Crippen MR) is 47.7 cm³/mol. The van der Waals surface area contributed by atoms with E-state index in [1.807, 2.05) is 0 Å². The summed E-state index contributed by atoms with van der Waals surface area (Å²) in [7, 11) is 0. The van der Waals surface area contributed by atoms with Gasteiger partial charge >= 0.3 is 6.09 Å². The maximum Gasteiger partial charge on any atom is 0.404 e. The van der Waals surface area contributed by atoms with Crippen molar-refractivity contribution in [2.24, 2.45) is 5.41 Å². The van der Waals surface area contributed by atoms with Crippen LogP contribution in [-0.2, 0) is 0 Å². The molecule has 1 saturated heterocycles.